The maximum atomic E-state index is 12.9. The van der Waals surface area contributed by atoms with Crippen molar-refractivity contribution in [3.63, 3.8) is 0 Å². The molecule has 1 saturated carbocycles. The van der Waals surface area contributed by atoms with Crippen molar-refractivity contribution in [2.75, 3.05) is 0 Å². The smallest absolute Gasteiger partial charge is 0.192 e. The normalized spacial score (nSPS) is 34.7. The molecule has 3 aliphatic rings. The van der Waals surface area contributed by atoms with Crippen LogP contribution >= 0.6 is 0 Å². The fourth-order valence-electron chi connectivity index (χ4n) is 5.21. The summed E-state index contributed by atoms with van der Waals surface area (Å²) in [6.07, 6.45) is 7.35. The van der Waals surface area contributed by atoms with Gasteiger partial charge in [-0.3, -0.25) is 4.79 Å². The van der Waals surface area contributed by atoms with Crippen LogP contribution in [0.5, 0.6) is 0 Å². The third-order valence-corrected chi connectivity index (χ3v) is 12.8. The van der Waals surface area contributed by atoms with Crippen molar-refractivity contribution in [1.29, 1.82) is 0 Å². The lowest BCUT2D eigenvalue weighted by molar-refractivity contribution is -0.128. The number of Topliss-reactive ketones (excluding diaryl/α,β-unsaturated/α-hetero) is 1. The summed E-state index contributed by atoms with van der Waals surface area (Å²) in [6, 6.07) is 0. The van der Waals surface area contributed by atoms with Gasteiger partial charge in [0.05, 0.1) is 11.5 Å². The Labute approximate surface area is 168 Å². The summed E-state index contributed by atoms with van der Waals surface area (Å²) < 4.78 is 7.04. The third kappa shape index (κ3) is 3.13. The SMILES string of the molecule is CC(C)C1=C2C3=CCCC(=O)[C@]3(C)CC[C@@]2(C)[C@H](O[Si](C)(C)C(C)(C)C)C1. The quantitative estimate of drug-likeness (QED) is 0.495. The van der Waals surface area contributed by atoms with Gasteiger partial charge >= 0.3 is 0 Å². The van der Waals surface area contributed by atoms with E-state index in [4.69, 9.17) is 4.43 Å². The highest BCUT2D eigenvalue weighted by molar-refractivity contribution is 6.74. The summed E-state index contributed by atoms with van der Waals surface area (Å²) >= 11 is 0. The molecule has 0 unspecified atom stereocenters. The second kappa shape index (κ2) is 6.42. The summed E-state index contributed by atoms with van der Waals surface area (Å²) in [7, 11) is -1.85. The Morgan fingerprint density at radius 3 is 2.37 bits per heavy atom. The maximum absolute atomic E-state index is 12.9. The molecule has 0 aliphatic heterocycles. The van der Waals surface area contributed by atoms with Gasteiger partial charge in [0.15, 0.2) is 8.32 Å². The van der Waals surface area contributed by atoms with Gasteiger partial charge in [-0.25, -0.2) is 0 Å². The maximum Gasteiger partial charge on any atom is 0.192 e. The molecular weight excluding hydrogens is 348 g/mol. The molecule has 3 heteroatoms. The molecule has 0 N–H and O–H groups in total. The minimum atomic E-state index is -1.85. The van der Waals surface area contributed by atoms with E-state index in [0.717, 1.165) is 25.7 Å². The molecule has 152 valence electrons. The number of hydrogen-bond acceptors (Lipinski definition) is 2. The second-order valence-electron chi connectivity index (χ2n) is 11.5. The van der Waals surface area contributed by atoms with E-state index in [1.807, 2.05) is 0 Å². The molecule has 0 amide bonds. The first-order valence-electron chi connectivity index (χ1n) is 10.9. The molecule has 0 radical (unpaired) electrons. The molecule has 3 rings (SSSR count). The minimum Gasteiger partial charge on any atom is -0.413 e. The van der Waals surface area contributed by atoms with E-state index < -0.39 is 8.32 Å². The van der Waals surface area contributed by atoms with E-state index in [1.165, 1.54) is 11.1 Å². The van der Waals surface area contributed by atoms with Crippen LogP contribution in [0.25, 0.3) is 0 Å². The van der Waals surface area contributed by atoms with Gasteiger partial charge in [0.25, 0.3) is 0 Å². The molecule has 0 aromatic carbocycles. The molecule has 3 aliphatic carbocycles. The van der Waals surface area contributed by atoms with Gasteiger partial charge in [0.2, 0.25) is 0 Å². The fraction of sp³-hybridized carbons (Fsp3) is 0.792. The predicted octanol–water partition coefficient (Wildman–Crippen LogP) is 6.83. The second-order valence-corrected chi connectivity index (χ2v) is 16.2. The first-order valence-corrected chi connectivity index (χ1v) is 13.8. The van der Waals surface area contributed by atoms with Crippen LogP contribution in [-0.2, 0) is 9.22 Å². The van der Waals surface area contributed by atoms with Crippen LogP contribution in [0.1, 0.15) is 80.6 Å². The number of ketones is 1. The first-order chi connectivity index (χ1) is 12.2. The predicted molar refractivity (Wildman–Crippen MR) is 116 cm³/mol. The highest BCUT2D eigenvalue weighted by Gasteiger charge is 2.57. The number of hydrogen-bond donors (Lipinski definition) is 0. The van der Waals surface area contributed by atoms with Crippen LogP contribution in [0.4, 0.5) is 0 Å². The molecule has 1 fully saturated rings. The van der Waals surface area contributed by atoms with Crippen molar-refractivity contribution in [1.82, 2.24) is 0 Å². The van der Waals surface area contributed by atoms with Gasteiger partial charge in [-0.15, -0.1) is 0 Å². The Balaban J connectivity index is 2.06. The Hall–Kier alpha value is -0.673. The van der Waals surface area contributed by atoms with Crippen molar-refractivity contribution in [3.8, 4) is 0 Å². The Kier molecular flexibility index (Phi) is 5.00. The molecule has 0 bridgehead atoms. The summed E-state index contributed by atoms with van der Waals surface area (Å²) in [5.41, 5.74) is 4.20. The average Bonchev–Trinajstić information content (AvgIpc) is 2.81. The fourth-order valence-corrected chi connectivity index (χ4v) is 6.62. The number of carbonyl (C=O) groups excluding carboxylic acids is 1. The summed E-state index contributed by atoms with van der Waals surface area (Å²) in [5.74, 6) is 0.957. The number of rotatable bonds is 3. The monoisotopic (exact) mass is 388 g/mol. The van der Waals surface area contributed by atoms with Crippen LogP contribution in [0.15, 0.2) is 22.8 Å². The van der Waals surface area contributed by atoms with E-state index in [-0.39, 0.29) is 22.0 Å². The molecule has 27 heavy (non-hydrogen) atoms. The van der Waals surface area contributed by atoms with Gasteiger partial charge in [-0.05, 0) is 67.8 Å². The van der Waals surface area contributed by atoms with E-state index in [2.05, 4.69) is 67.6 Å². The molecule has 0 saturated heterocycles. The number of fused-ring (bicyclic) bond motifs is 3. The van der Waals surface area contributed by atoms with Crippen LogP contribution in [-0.4, -0.2) is 20.2 Å². The van der Waals surface area contributed by atoms with Crippen LogP contribution in [0, 0.1) is 16.7 Å². The first kappa shape index (κ1) is 21.0. The molecule has 0 aromatic heterocycles. The lowest BCUT2D eigenvalue weighted by Crippen LogP contribution is -2.50. The zero-order chi connectivity index (χ0) is 20.4. The van der Waals surface area contributed by atoms with Gasteiger partial charge in [0.1, 0.15) is 5.78 Å². The van der Waals surface area contributed by atoms with Crippen molar-refractivity contribution >= 4 is 14.1 Å². The van der Waals surface area contributed by atoms with E-state index >= 15 is 0 Å². The van der Waals surface area contributed by atoms with E-state index in [9.17, 15) is 4.79 Å². The molecule has 0 heterocycles. The Bertz CT molecular complexity index is 706. The largest absolute Gasteiger partial charge is 0.413 e. The Morgan fingerprint density at radius 2 is 1.81 bits per heavy atom. The van der Waals surface area contributed by atoms with Crippen LogP contribution < -0.4 is 0 Å². The highest BCUT2D eigenvalue weighted by Crippen LogP contribution is 2.62. The zero-order valence-corrected chi connectivity index (χ0v) is 20.1. The van der Waals surface area contributed by atoms with Crippen LogP contribution in [0.2, 0.25) is 18.1 Å². The van der Waals surface area contributed by atoms with E-state index in [0.29, 0.717) is 18.1 Å². The zero-order valence-electron chi connectivity index (χ0n) is 19.1. The van der Waals surface area contributed by atoms with Gasteiger partial charge in [0, 0.05) is 11.8 Å². The topological polar surface area (TPSA) is 26.3 Å². The molecule has 2 nitrogen and oxygen atoms in total. The van der Waals surface area contributed by atoms with Gasteiger partial charge in [-0.2, -0.15) is 0 Å². The molecule has 3 atom stereocenters. The lowest BCUT2D eigenvalue weighted by atomic mass is 9.56. The summed E-state index contributed by atoms with van der Waals surface area (Å²) in [5, 5.41) is 0.216. The molecular formula is C24H40O2Si. The van der Waals surface area contributed by atoms with Crippen molar-refractivity contribution in [2.45, 2.75) is 105 Å². The Morgan fingerprint density at radius 1 is 1.19 bits per heavy atom. The minimum absolute atomic E-state index is 0.0537. The van der Waals surface area contributed by atoms with Crippen molar-refractivity contribution in [2.24, 2.45) is 16.7 Å². The van der Waals surface area contributed by atoms with Crippen molar-refractivity contribution in [3.05, 3.63) is 22.8 Å². The van der Waals surface area contributed by atoms with E-state index in [1.54, 1.807) is 5.57 Å². The summed E-state index contributed by atoms with van der Waals surface area (Å²) in [4.78, 5) is 12.9. The third-order valence-electron chi connectivity index (χ3n) is 8.29. The average molecular weight is 389 g/mol. The standard InChI is InChI=1S/C24H40O2Si/c1-16(2)17-15-20(26-27(8,9)22(3,4)5)24(7)14-13-23(6)18(21(17)24)11-10-12-19(23)25/h11,16,20H,10,12-15H2,1-9H3/t20-,23-,24+/m1/s1. The molecule has 0 aromatic rings. The number of allylic oxidation sites excluding steroid dienone is 2. The van der Waals surface area contributed by atoms with Crippen LogP contribution in [0.3, 0.4) is 0 Å². The highest BCUT2D eigenvalue weighted by atomic mass is 28.4. The van der Waals surface area contributed by atoms with Gasteiger partial charge in [-0.1, -0.05) is 53.2 Å². The van der Waals surface area contributed by atoms with Gasteiger partial charge < -0.3 is 4.43 Å². The lowest BCUT2D eigenvalue weighted by Gasteiger charge is -2.50. The van der Waals surface area contributed by atoms with Crippen molar-refractivity contribution < 1.29 is 9.22 Å². The summed E-state index contributed by atoms with van der Waals surface area (Å²) in [6.45, 7) is 21.0. The number of carbonyl (C=O) groups is 1. The molecule has 0 spiro atoms.